The summed E-state index contributed by atoms with van der Waals surface area (Å²) in [5.74, 6) is 0.524. The van der Waals surface area contributed by atoms with E-state index in [0.717, 1.165) is 93.6 Å². The van der Waals surface area contributed by atoms with Gasteiger partial charge in [0.25, 0.3) is 0 Å². The van der Waals surface area contributed by atoms with Crippen LogP contribution in [0.25, 0.3) is 44.9 Å². The van der Waals surface area contributed by atoms with Gasteiger partial charge in [0.1, 0.15) is 33.5 Å². The number of carboxylic acid groups (broad SMARTS) is 1. The molecule has 0 spiro atoms. The van der Waals surface area contributed by atoms with Gasteiger partial charge >= 0.3 is 30.8 Å². The molecule has 2 fully saturated rings. The molecule has 2 aromatic carbocycles. The Hall–Kier alpha value is -4.84. The maximum atomic E-state index is 13.6. The maximum Gasteiger partial charge on any atom is 1.00 e. The molecule has 6 aromatic heterocycles. The summed E-state index contributed by atoms with van der Waals surface area (Å²) >= 11 is 4.83. The number of para-hydroxylation sites is 2. The summed E-state index contributed by atoms with van der Waals surface area (Å²) in [5.41, 5.74) is 6.49. The van der Waals surface area contributed by atoms with Gasteiger partial charge in [0.05, 0.1) is 87.7 Å². The van der Waals surface area contributed by atoms with Crippen LogP contribution < -0.4 is 28.7 Å². The van der Waals surface area contributed by atoms with Crippen LogP contribution in [0.2, 0.25) is 103 Å². The average molecular weight is 1810 g/mol. The molecule has 6 heterocycles. The molecule has 2 aliphatic carbocycles. The van der Waals surface area contributed by atoms with Crippen molar-refractivity contribution >= 4 is 112 Å². The number of carboxylic acids is 1. The van der Waals surface area contributed by atoms with Gasteiger partial charge < -0.3 is 67.8 Å². The number of benzene rings is 2. The first-order chi connectivity index (χ1) is 51.5. The first-order valence-electron chi connectivity index (χ1n) is 37.8. The fraction of sp³-hybridized carbons (Fsp3) is 0.584. The van der Waals surface area contributed by atoms with Gasteiger partial charge in [-0.1, -0.05) is 115 Å². The summed E-state index contributed by atoms with van der Waals surface area (Å²) < 4.78 is 68.6. The zero-order valence-corrected chi connectivity index (χ0v) is 76.0. The number of ether oxygens (including phenoxy) is 10. The van der Waals surface area contributed by atoms with E-state index in [0.29, 0.717) is 137 Å². The summed E-state index contributed by atoms with van der Waals surface area (Å²) in [6.45, 7) is 34.1. The molecule has 0 aliphatic heterocycles. The number of nitrogens with zero attached hydrogens (tertiary/aromatic N) is 12. The molecule has 0 bridgehead atoms. The molecule has 33 heteroatoms. The molecule has 8 aromatic rings. The Morgan fingerprint density at radius 3 is 1.15 bits per heavy atom. The van der Waals surface area contributed by atoms with Gasteiger partial charge in [-0.05, 0) is 145 Å². The number of fused-ring (bicyclic) bond motifs is 2. The Balaban J connectivity index is 0.000000301. The number of methoxy groups -OCH3 is 3. The van der Waals surface area contributed by atoms with E-state index < -0.39 is 49.5 Å². The van der Waals surface area contributed by atoms with Crippen LogP contribution in [0, 0.1) is 7.14 Å². The molecule has 0 atom stereocenters. The maximum absolute atomic E-state index is 13.6. The number of hydrogen-bond donors (Lipinski definition) is 1. The van der Waals surface area contributed by atoms with Crippen molar-refractivity contribution in [3.05, 3.63) is 116 Å². The number of aliphatic carboxylic acids is 1. The van der Waals surface area contributed by atoms with Gasteiger partial charge in [-0.3, -0.25) is 0 Å². The van der Waals surface area contributed by atoms with Crippen LogP contribution >= 0.6 is 45.2 Å². The predicted octanol–water partition coefficient (Wildman–Crippen LogP) is 12.5. The summed E-state index contributed by atoms with van der Waals surface area (Å²) in [6, 6.07) is 24.3. The molecule has 0 unspecified atom stereocenters. The van der Waals surface area contributed by atoms with Crippen LogP contribution in [0.5, 0.6) is 0 Å². The number of aromatic nitrogens is 10. The predicted molar refractivity (Wildman–Crippen MR) is 453 cm³/mol. The molecule has 110 heavy (non-hydrogen) atoms. The monoisotopic (exact) mass is 1810 g/mol. The van der Waals surface area contributed by atoms with Crippen LogP contribution in [0.1, 0.15) is 74.6 Å². The standard InChI is InChI=1S/C40H61IN6O7Si2.C37H55IN6O6Si2.Li.H2O/c1-49-18-20-53-39(48)40(54-21-19-50-2)16-14-31(15-17-40)36-35(41)38(45(29-51-22-24-55(3,4)5)30-52-23-25-56(6,7)8)47-37(44-36)34(27-43-47)32-26-42-46(28-32)33-12-10-9-11-13-33;1-47-17-18-50-37(36(45)46)15-13-28(14-16-37)33-32(38)35(42(26-48-19-21-51(2,3)4)27-49-20-22-52(5,6)7)44-34(41-33)31(24-40-44)29-23-39-43(25-29)30-11-9-8-10-12-30;;/h9-13,26-28,31H,14-25,29-30H2,1-8H3;8-12,23-25,28H,13-22,26-27H2,1-7H3,(H,45,46);;1H2/q;;+1;/p-1. The van der Waals surface area contributed by atoms with Crippen molar-refractivity contribution in [3.8, 4) is 33.6 Å². The molecule has 2 saturated carbocycles. The van der Waals surface area contributed by atoms with Gasteiger partial charge in [0, 0.05) is 127 Å². The third kappa shape index (κ3) is 25.8. The molecule has 0 radical (unpaired) electrons. The minimum Gasteiger partial charge on any atom is -0.870 e. The van der Waals surface area contributed by atoms with Gasteiger partial charge in [-0.25, -0.2) is 28.9 Å². The average Bonchev–Trinajstić information content (AvgIpc) is 1.54. The minimum absolute atomic E-state index is 0. The molecular formula is C77H117I2LiN12O14Si4. The SMILES string of the molecule is COCCOC(=O)C1(OCCOC)CCC(c2nc3c(-c4cnn(-c5ccccc5)c4)cnn3c(N(COCC[Si](C)(C)C)COCC[Si](C)(C)C)c2I)CC1.COCCOC1(C(=O)O)CCC(c2nc3c(-c4cnn(-c5ccccc5)c4)cnn3c(N(COCC[Si](C)(C)C)COCC[Si](C)(C)C)c2I)CC1.[Li+].[OH-]. The molecule has 2 N–H and O–H groups in total. The van der Waals surface area contributed by atoms with Crippen LogP contribution in [0.4, 0.5) is 11.6 Å². The Bertz CT molecular complexity index is 4090. The van der Waals surface area contributed by atoms with E-state index in [1.54, 1.807) is 21.3 Å². The second-order valence-electron chi connectivity index (χ2n) is 33.0. The minimum atomic E-state index is -1.31. The van der Waals surface area contributed by atoms with Crippen LogP contribution in [0.15, 0.2) is 97.8 Å². The van der Waals surface area contributed by atoms with Crippen molar-refractivity contribution in [1.82, 2.24) is 48.8 Å². The topological polar surface area (TPSA) is 279 Å². The molecule has 600 valence electrons. The van der Waals surface area contributed by atoms with E-state index in [1.807, 2.05) is 116 Å². The van der Waals surface area contributed by atoms with Crippen molar-refractivity contribution < 1.29 is 86.4 Å². The number of rotatable bonds is 41. The van der Waals surface area contributed by atoms with Gasteiger partial charge in [0.2, 0.25) is 0 Å². The largest absolute Gasteiger partial charge is 1.00 e. The summed E-state index contributed by atoms with van der Waals surface area (Å²) in [4.78, 5) is 41.1. The molecule has 0 amide bonds. The number of esters is 1. The first kappa shape index (κ1) is 92.3. The van der Waals surface area contributed by atoms with E-state index >= 15 is 0 Å². The summed E-state index contributed by atoms with van der Waals surface area (Å²) in [5, 5.41) is 29.5. The number of carbonyl (C=O) groups excluding carboxylic acids is 1. The van der Waals surface area contributed by atoms with Gasteiger partial charge in [-0.15, -0.1) is 0 Å². The van der Waals surface area contributed by atoms with Crippen molar-refractivity contribution in [2.24, 2.45) is 0 Å². The van der Waals surface area contributed by atoms with Crippen molar-refractivity contribution in [1.29, 1.82) is 0 Å². The summed E-state index contributed by atoms with van der Waals surface area (Å²) in [6.07, 6.45) is 15.8. The number of carbonyl (C=O) groups is 2. The van der Waals surface area contributed by atoms with Gasteiger partial charge in [-0.2, -0.15) is 29.4 Å². The molecule has 2 aliphatic rings. The van der Waals surface area contributed by atoms with E-state index in [2.05, 4.69) is 139 Å². The quantitative estimate of drug-likeness (QED) is 0.0122. The van der Waals surface area contributed by atoms with Gasteiger partial charge in [0.15, 0.2) is 34.1 Å². The molecule has 0 saturated heterocycles. The second kappa shape index (κ2) is 42.7. The number of hydrogen-bond acceptors (Lipinski definition) is 21. The normalized spacial score (nSPS) is 17.7. The molecule has 26 nitrogen and oxygen atoms in total. The smallest absolute Gasteiger partial charge is 0.870 e. The van der Waals surface area contributed by atoms with E-state index in [-0.39, 0.29) is 55.4 Å². The Labute approximate surface area is 693 Å². The third-order valence-corrected chi connectivity index (χ3v) is 28.4. The van der Waals surface area contributed by atoms with Crippen LogP contribution in [0.3, 0.4) is 0 Å². The van der Waals surface area contributed by atoms with Crippen LogP contribution in [-0.2, 0) is 57.0 Å². The van der Waals surface area contributed by atoms with E-state index in [4.69, 9.17) is 72.6 Å². The van der Waals surface area contributed by atoms with Crippen LogP contribution in [-0.4, -0.2) is 229 Å². The van der Waals surface area contributed by atoms with Crippen molar-refractivity contribution in [2.75, 3.05) is 124 Å². The zero-order chi connectivity index (χ0) is 77.9. The molecular weight excluding hydrogens is 1690 g/mol. The number of anilines is 2. The second-order valence-corrected chi connectivity index (χ2v) is 57.6. The first-order valence-corrected chi connectivity index (χ1v) is 54.8. The fourth-order valence-electron chi connectivity index (χ4n) is 12.9. The van der Waals surface area contributed by atoms with E-state index in [1.165, 1.54) is 0 Å². The summed E-state index contributed by atoms with van der Waals surface area (Å²) in [7, 11) is -0.415. The Kier molecular flexibility index (Phi) is 35.8. The third-order valence-electron chi connectivity index (χ3n) is 19.6. The fourth-order valence-corrected chi connectivity index (χ4v) is 18.2. The Morgan fingerprint density at radius 2 is 0.818 bits per heavy atom. The van der Waals surface area contributed by atoms with Crippen molar-refractivity contribution in [2.45, 2.75) is 177 Å². The number of halogens is 2. The Morgan fingerprint density at radius 1 is 0.482 bits per heavy atom. The van der Waals surface area contributed by atoms with Crippen molar-refractivity contribution in [3.63, 3.8) is 0 Å². The van der Waals surface area contributed by atoms with E-state index in [9.17, 15) is 14.7 Å². The molecule has 10 rings (SSSR count). The zero-order valence-electron chi connectivity index (χ0n) is 67.7.